The van der Waals surface area contributed by atoms with E-state index in [0.29, 0.717) is 11.6 Å². The van der Waals surface area contributed by atoms with E-state index in [0.717, 1.165) is 37.3 Å². The normalized spacial score (nSPS) is 18.8. The molecule has 5 nitrogen and oxygen atoms in total. The quantitative estimate of drug-likeness (QED) is 0.922. The summed E-state index contributed by atoms with van der Waals surface area (Å²) < 4.78 is 2.33. The smallest absolute Gasteiger partial charge is 0.253 e. The molecule has 1 aliphatic carbocycles. The zero-order chi connectivity index (χ0) is 17.1. The highest BCUT2D eigenvalue weighted by Crippen LogP contribution is 2.32. The molecular weight excluding hydrogens is 302 g/mol. The summed E-state index contributed by atoms with van der Waals surface area (Å²) in [6, 6.07) is 2.49. The van der Waals surface area contributed by atoms with Gasteiger partial charge >= 0.3 is 0 Å². The van der Waals surface area contributed by atoms with E-state index >= 15 is 0 Å². The van der Waals surface area contributed by atoms with Crippen molar-refractivity contribution in [2.75, 3.05) is 19.6 Å². The van der Waals surface area contributed by atoms with Crippen LogP contribution in [0.2, 0.25) is 0 Å². The van der Waals surface area contributed by atoms with Crippen LogP contribution in [0.1, 0.15) is 72.7 Å². The topological polar surface area (TPSA) is 54.3 Å². The van der Waals surface area contributed by atoms with Crippen molar-refractivity contribution in [1.82, 2.24) is 14.8 Å². The highest BCUT2D eigenvalue weighted by molar-refractivity contribution is 5.97. The average molecular weight is 331 g/mol. The van der Waals surface area contributed by atoms with Crippen LogP contribution in [0.25, 0.3) is 0 Å². The Hall–Kier alpha value is -1.78. The monoisotopic (exact) mass is 331 g/mol. The molecule has 2 aliphatic rings. The van der Waals surface area contributed by atoms with E-state index in [1.165, 1.54) is 32.1 Å². The molecule has 0 radical (unpaired) electrons. The first kappa shape index (κ1) is 17.1. The van der Waals surface area contributed by atoms with Gasteiger partial charge in [0.15, 0.2) is 0 Å². The van der Waals surface area contributed by atoms with Crippen LogP contribution in [0.5, 0.6) is 0 Å². The number of hydrogen-bond donors (Lipinski definition) is 1. The van der Waals surface area contributed by atoms with Crippen LogP contribution >= 0.6 is 0 Å². The molecule has 2 amide bonds. The number of hydrogen-bond acceptors (Lipinski definition) is 2. The Morgan fingerprint density at radius 3 is 2.42 bits per heavy atom. The second-order valence-electron chi connectivity index (χ2n) is 7.22. The van der Waals surface area contributed by atoms with Crippen LogP contribution in [0.3, 0.4) is 0 Å². The predicted molar refractivity (Wildman–Crippen MR) is 94.2 cm³/mol. The molecule has 1 saturated heterocycles. The Balaban J connectivity index is 1.65. The van der Waals surface area contributed by atoms with Gasteiger partial charge in [-0.2, -0.15) is 0 Å². The number of aryl methyl sites for hydroxylation is 1. The van der Waals surface area contributed by atoms with Gasteiger partial charge < -0.3 is 14.8 Å². The Morgan fingerprint density at radius 2 is 1.75 bits per heavy atom. The van der Waals surface area contributed by atoms with Crippen molar-refractivity contribution >= 4 is 11.8 Å². The lowest BCUT2D eigenvalue weighted by molar-refractivity contribution is -0.129. The predicted octanol–water partition coefficient (Wildman–Crippen LogP) is 2.96. The van der Waals surface area contributed by atoms with Gasteiger partial charge in [-0.05, 0) is 45.6 Å². The number of nitrogens with zero attached hydrogens (tertiary/aromatic N) is 2. The minimum absolute atomic E-state index is 0.0296. The fourth-order valence-corrected chi connectivity index (χ4v) is 4.24. The third-order valence-electron chi connectivity index (χ3n) is 5.53. The fourth-order valence-electron chi connectivity index (χ4n) is 4.24. The number of carbonyl (C=O) groups excluding carboxylic acids is 2. The summed E-state index contributed by atoms with van der Waals surface area (Å²) >= 11 is 0. The summed E-state index contributed by atoms with van der Waals surface area (Å²) in [5, 5.41) is 2.82. The van der Waals surface area contributed by atoms with Crippen molar-refractivity contribution in [1.29, 1.82) is 0 Å². The SMILES string of the molecule is Cc1cc(C(=O)NCC(=O)N2CCCC2)c(C)n1C1CCCCC1. The number of likely N-dealkylation sites (tertiary alicyclic amines) is 1. The minimum atomic E-state index is -0.127. The van der Waals surface area contributed by atoms with Gasteiger partial charge in [-0.25, -0.2) is 0 Å². The fraction of sp³-hybridized carbons (Fsp3) is 0.684. The first-order chi connectivity index (χ1) is 11.6. The molecule has 1 aromatic rings. The first-order valence-corrected chi connectivity index (χ1v) is 9.32. The largest absolute Gasteiger partial charge is 0.345 e. The molecule has 5 heteroatoms. The van der Waals surface area contributed by atoms with E-state index in [-0.39, 0.29) is 18.4 Å². The van der Waals surface area contributed by atoms with Gasteiger partial charge in [0.05, 0.1) is 12.1 Å². The molecule has 3 rings (SSSR count). The van der Waals surface area contributed by atoms with E-state index in [1.807, 2.05) is 17.9 Å². The number of nitrogens with one attached hydrogen (secondary N) is 1. The maximum absolute atomic E-state index is 12.5. The van der Waals surface area contributed by atoms with Crippen molar-refractivity contribution < 1.29 is 9.59 Å². The Bertz CT molecular complexity index is 608. The average Bonchev–Trinajstić information content (AvgIpc) is 3.21. The lowest BCUT2D eigenvalue weighted by Crippen LogP contribution is -2.38. The Labute approximate surface area is 144 Å². The molecule has 2 fully saturated rings. The third-order valence-corrected chi connectivity index (χ3v) is 5.53. The van der Waals surface area contributed by atoms with Gasteiger partial charge in [0.2, 0.25) is 5.91 Å². The van der Waals surface area contributed by atoms with Crippen molar-refractivity contribution in [3.8, 4) is 0 Å². The molecule has 2 heterocycles. The maximum Gasteiger partial charge on any atom is 0.253 e. The van der Waals surface area contributed by atoms with Gasteiger partial charge in [-0.3, -0.25) is 9.59 Å². The van der Waals surface area contributed by atoms with Crippen LogP contribution in [-0.2, 0) is 4.79 Å². The van der Waals surface area contributed by atoms with E-state index in [1.54, 1.807) is 0 Å². The van der Waals surface area contributed by atoms with E-state index in [9.17, 15) is 9.59 Å². The standard InChI is InChI=1S/C19H29N3O2/c1-14-12-17(15(2)22(14)16-8-4-3-5-9-16)19(24)20-13-18(23)21-10-6-7-11-21/h12,16H,3-11,13H2,1-2H3,(H,20,24). The van der Waals surface area contributed by atoms with Crippen LogP contribution in [-0.4, -0.2) is 40.9 Å². The van der Waals surface area contributed by atoms with Crippen molar-refractivity contribution in [2.24, 2.45) is 0 Å². The molecule has 1 aliphatic heterocycles. The number of carbonyl (C=O) groups is 2. The van der Waals surface area contributed by atoms with Gasteiger partial charge in [0.1, 0.15) is 0 Å². The second-order valence-corrected chi connectivity index (χ2v) is 7.22. The summed E-state index contributed by atoms with van der Waals surface area (Å²) in [6.07, 6.45) is 8.41. The Kier molecular flexibility index (Phi) is 5.27. The molecule has 0 bridgehead atoms. The molecular formula is C19H29N3O2. The molecule has 1 aromatic heterocycles. The molecule has 24 heavy (non-hydrogen) atoms. The summed E-state index contributed by atoms with van der Waals surface area (Å²) in [7, 11) is 0. The lowest BCUT2D eigenvalue weighted by atomic mass is 9.95. The van der Waals surface area contributed by atoms with Gasteiger partial charge in [-0.15, -0.1) is 0 Å². The van der Waals surface area contributed by atoms with Crippen molar-refractivity contribution in [3.63, 3.8) is 0 Å². The summed E-state index contributed by atoms with van der Waals surface area (Å²) in [4.78, 5) is 26.5. The number of rotatable bonds is 4. The highest BCUT2D eigenvalue weighted by atomic mass is 16.2. The number of aromatic nitrogens is 1. The second kappa shape index (κ2) is 7.41. The van der Waals surface area contributed by atoms with Crippen LogP contribution in [0.4, 0.5) is 0 Å². The summed E-state index contributed by atoms with van der Waals surface area (Å²) in [5.41, 5.74) is 2.90. The zero-order valence-electron chi connectivity index (χ0n) is 14.9. The van der Waals surface area contributed by atoms with Crippen molar-refractivity contribution in [2.45, 2.75) is 64.8 Å². The van der Waals surface area contributed by atoms with Gasteiger partial charge in [-0.1, -0.05) is 19.3 Å². The van der Waals surface area contributed by atoms with Crippen molar-refractivity contribution in [3.05, 3.63) is 23.0 Å². The molecule has 1 N–H and O–H groups in total. The van der Waals surface area contributed by atoms with Crippen LogP contribution in [0.15, 0.2) is 6.07 Å². The van der Waals surface area contributed by atoms with Crippen LogP contribution in [0, 0.1) is 13.8 Å². The molecule has 0 atom stereocenters. The molecule has 1 saturated carbocycles. The van der Waals surface area contributed by atoms with E-state index in [2.05, 4.69) is 16.8 Å². The molecule has 0 unspecified atom stereocenters. The van der Waals surface area contributed by atoms with E-state index < -0.39 is 0 Å². The zero-order valence-corrected chi connectivity index (χ0v) is 14.9. The Morgan fingerprint density at radius 1 is 1.08 bits per heavy atom. The summed E-state index contributed by atoms with van der Waals surface area (Å²) in [6.45, 7) is 5.86. The number of amides is 2. The van der Waals surface area contributed by atoms with Gasteiger partial charge in [0.25, 0.3) is 5.91 Å². The first-order valence-electron chi connectivity index (χ1n) is 9.32. The maximum atomic E-state index is 12.5. The molecule has 0 aromatic carbocycles. The lowest BCUT2D eigenvalue weighted by Gasteiger charge is -2.26. The van der Waals surface area contributed by atoms with Gasteiger partial charge in [0, 0.05) is 30.5 Å². The molecule has 0 spiro atoms. The van der Waals surface area contributed by atoms with Crippen LogP contribution < -0.4 is 5.32 Å². The summed E-state index contributed by atoms with van der Waals surface area (Å²) in [5.74, 6) is -0.0976. The molecule has 132 valence electrons. The minimum Gasteiger partial charge on any atom is -0.345 e. The highest BCUT2D eigenvalue weighted by Gasteiger charge is 2.23. The van der Waals surface area contributed by atoms with E-state index in [4.69, 9.17) is 0 Å². The third kappa shape index (κ3) is 3.50.